The van der Waals surface area contributed by atoms with E-state index in [-0.39, 0.29) is 0 Å². The molecule has 1 N–H and O–H groups in total. The summed E-state index contributed by atoms with van der Waals surface area (Å²) >= 11 is 15.5. The van der Waals surface area contributed by atoms with Gasteiger partial charge in [0.15, 0.2) is 0 Å². The van der Waals surface area contributed by atoms with Gasteiger partial charge in [-0.1, -0.05) is 45.2 Å². The molecule has 96 valence electrons. The third kappa shape index (κ3) is 2.57. The molecule has 1 heterocycles. The van der Waals surface area contributed by atoms with Crippen LogP contribution >= 0.6 is 39.1 Å². The second-order valence-corrected chi connectivity index (χ2v) is 5.49. The van der Waals surface area contributed by atoms with Crippen LogP contribution in [0.4, 0.5) is 0 Å². The lowest BCUT2D eigenvalue weighted by Gasteiger charge is -2.15. The van der Waals surface area contributed by atoms with E-state index in [9.17, 15) is 5.11 Å². The number of aryl methyl sites for hydroxylation is 1. The van der Waals surface area contributed by atoms with E-state index in [4.69, 9.17) is 23.2 Å². The fourth-order valence-electron chi connectivity index (χ4n) is 1.77. The van der Waals surface area contributed by atoms with Crippen LogP contribution in [0.15, 0.2) is 28.9 Å². The molecule has 0 saturated carbocycles. The largest absolute Gasteiger partial charge is 0.382 e. The molecule has 0 radical (unpaired) electrons. The maximum Gasteiger partial charge on any atom is 0.124 e. The molecular formula is C12H11BrCl2N2O. The first-order valence-electron chi connectivity index (χ1n) is 5.38. The van der Waals surface area contributed by atoms with Gasteiger partial charge in [-0.05, 0) is 19.1 Å². The van der Waals surface area contributed by atoms with E-state index in [0.29, 0.717) is 27.8 Å². The Balaban J connectivity index is 2.47. The number of aromatic nitrogens is 2. The van der Waals surface area contributed by atoms with E-state index in [1.165, 1.54) is 6.20 Å². The lowest BCUT2D eigenvalue weighted by atomic mass is 10.1. The fourth-order valence-corrected chi connectivity index (χ4v) is 2.79. The summed E-state index contributed by atoms with van der Waals surface area (Å²) in [6, 6.07) is 5.33. The summed E-state index contributed by atoms with van der Waals surface area (Å²) in [6.07, 6.45) is 0.636. The highest BCUT2D eigenvalue weighted by molar-refractivity contribution is 9.10. The number of hydrogen-bond donors (Lipinski definition) is 1. The molecule has 18 heavy (non-hydrogen) atoms. The molecule has 0 aliphatic rings. The lowest BCUT2D eigenvalue weighted by Crippen LogP contribution is -2.10. The average Bonchev–Trinajstić information content (AvgIpc) is 2.69. The quantitative estimate of drug-likeness (QED) is 0.907. The monoisotopic (exact) mass is 348 g/mol. The number of benzene rings is 1. The Bertz CT molecular complexity index is 571. The topological polar surface area (TPSA) is 38.0 Å². The molecule has 1 unspecified atom stereocenters. The maximum absolute atomic E-state index is 10.4. The molecule has 1 aromatic carbocycles. The highest BCUT2D eigenvalue weighted by Gasteiger charge is 2.21. The maximum atomic E-state index is 10.4. The predicted molar refractivity (Wildman–Crippen MR) is 76.1 cm³/mol. The number of rotatable bonds is 3. The second-order valence-electron chi connectivity index (χ2n) is 3.76. The molecule has 0 saturated heterocycles. The van der Waals surface area contributed by atoms with Crippen molar-refractivity contribution in [2.24, 2.45) is 0 Å². The van der Waals surface area contributed by atoms with Crippen molar-refractivity contribution >= 4 is 39.1 Å². The van der Waals surface area contributed by atoms with Gasteiger partial charge in [-0.2, -0.15) is 5.10 Å². The highest BCUT2D eigenvalue weighted by Crippen LogP contribution is 2.33. The van der Waals surface area contributed by atoms with Gasteiger partial charge in [-0.15, -0.1) is 0 Å². The van der Waals surface area contributed by atoms with E-state index in [1.807, 2.05) is 13.0 Å². The van der Waals surface area contributed by atoms with Gasteiger partial charge in [0.25, 0.3) is 0 Å². The molecule has 0 amide bonds. The lowest BCUT2D eigenvalue weighted by molar-refractivity contribution is 0.208. The minimum absolute atomic E-state index is 0.434. The van der Waals surface area contributed by atoms with Gasteiger partial charge in [-0.3, -0.25) is 4.68 Å². The van der Waals surface area contributed by atoms with Gasteiger partial charge >= 0.3 is 0 Å². The Labute approximate surface area is 123 Å². The fraction of sp³-hybridized carbons (Fsp3) is 0.250. The van der Waals surface area contributed by atoms with Crippen molar-refractivity contribution in [3.05, 3.63) is 50.2 Å². The van der Waals surface area contributed by atoms with Crippen molar-refractivity contribution in [2.75, 3.05) is 0 Å². The Hall–Kier alpha value is -0.550. The average molecular weight is 350 g/mol. The number of nitrogens with zero attached hydrogens (tertiary/aromatic N) is 2. The third-order valence-electron chi connectivity index (χ3n) is 2.65. The Kier molecular flexibility index (Phi) is 4.33. The summed E-state index contributed by atoms with van der Waals surface area (Å²) in [6.45, 7) is 2.57. The Morgan fingerprint density at radius 3 is 2.72 bits per heavy atom. The zero-order valence-electron chi connectivity index (χ0n) is 9.57. The summed E-state index contributed by atoms with van der Waals surface area (Å²) < 4.78 is 2.52. The molecule has 2 rings (SSSR count). The Morgan fingerprint density at radius 2 is 2.11 bits per heavy atom. The van der Waals surface area contributed by atoms with Crippen LogP contribution in [0.1, 0.15) is 24.3 Å². The van der Waals surface area contributed by atoms with Gasteiger partial charge in [-0.25, -0.2) is 0 Å². The normalized spacial score (nSPS) is 12.7. The zero-order chi connectivity index (χ0) is 13.3. The number of aliphatic hydroxyl groups excluding tert-OH is 1. The molecule has 2 aromatic rings. The second kappa shape index (κ2) is 5.61. The third-order valence-corrected chi connectivity index (χ3v) is 3.76. The summed E-state index contributed by atoms with van der Waals surface area (Å²) in [5.41, 5.74) is 1.17. The van der Waals surface area contributed by atoms with Crippen molar-refractivity contribution in [3.8, 4) is 0 Å². The van der Waals surface area contributed by atoms with Crippen molar-refractivity contribution in [2.45, 2.75) is 19.6 Å². The molecule has 0 bridgehead atoms. The molecule has 0 aliphatic heterocycles. The summed E-state index contributed by atoms with van der Waals surface area (Å²) in [5.74, 6) is 0. The van der Waals surface area contributed by atoms with Crippen LogP contribution in [0.5, 0.6) is 0 Å². The molecule has 1 aromatic heterocycles. The van der Waals surface area contributed by atoms with Crippen LogP contribution < -0.4 is 0 Å². The van der Waals surface area contributed by atoms with Crippen LogP contribution in [0.3, 0.4) is 0 Å². The summed E-state index contributed by atoms with van der Waals surface area (Å²) in [5, 5.41) is 15.4. The van der Waals surface area contributed by atoms with Crippen LogP contribution in [-0.4, -0.2) is 14.9 Å². The van der Waals surface area contributed by atoms with E-state index in [2.05, 4.69) is 21.0 Å². The number of aliphatic hydroxyl groups is 1. The van der Waals surface area contributed by atoms with Crippen molar-refractivity contribution in [3.63, 3.8) is 0 Å². The van der Waals surface area contributed by atoms with Gasteiger partial charge in [0.2, 0.25) is 0 Å². The molecule has 0 fully saturated rings. The number of hydrogen-bond acceptors (Lipinski definition) is 2. The van der Waals surface area contributed by atoms with Crippen molar-refractivity contribution in [1.82, 2.24) is 9.78 Å². The highest BCUT2D eigenvalue weighted by atomic mass is 79.9. The minimum atomic E-state index is -0.888. The van der Waals surface area contributed by atoms with E-state index < -0.39 is 6.10 Å². The van der Waals surface area contributed by atoms with Crippen molar-refractivity contribution in [1.29, 1.82) is 0 Å². The van der Waals surface area contributed by atoms with Gasteiger partial charge in [0.05, 0.1) is 16.9 Å². The van der Waals surface area contributed by atoms with E-state index >= 15 is 0 Å². The molecule has 1 atom stereocenters. The predicted octanol–water partition coefficient (Wildman–Crippen LogP) is 4.05. The Morgan fingerprint density at radius 1 is 1.39 bits per heavy atom. The van der Waals surface area contributed by atoms with Gasteiger partial charge in [0, 0.05) is 21.6 Å². The molecule has 3 nitrogen and oxygen atoms in total. The first-order chi connectivity index (χ1) is 8.54. The summed E-state index contributed by atoms with van der Waals surface area (Å²) in [4.78, 5) is 0. The van der Waals surface area contributed by atoms with Crippen LogP contribution in [0, 0.1) is 0 Å². The van der Waals surface area contributed by atoms with Gasteiger partial charge < -0.3 is 5.11 Å². The van der Waals surface area contributed by atoms with E-state index in [1.54, 1.807) is 16.8 Å². The molecular weight excluding hydrogens is 339 g/mol. The standard InChI is InChI=1S/C12H11BrCl2N2O/c1-2-17-11(10(15)6-16-17)12(18)8-4-3-7(13)5-9(8)14/h3-6,12,18H,2H2,1H3. The first-order valence-corrected chi connectivity index (χ1v) is 6.93. The summed E-state index contributed by atoms with van der Waals surface area (Å²) in [7, 11) is 0. The van der Waals surface area contributed by atoms with Crippen LogP contribution in [0.2, 0.25) is 10.0 Å². The van der Waals surface area contributed by atoms with Gasteiger partial charge in [0.1, 0.15) is 6.10 Å². The van der Waals surface area contributed by atoms with Crippen LogP contribution in [-0.2, 0) is 6.54 Å². The van der Waals surface area contributed by atoms with Crippen molar-refractivity contribution < 1.29 is 5.11 Å². The molecule has 6 heteroatoms. The smallest absolute Gasteiger partial charge is 0.124 e. The van der Waals surface area contributed by atoms with E-state index in [0.717, 1.165) is 4.47 Å². The zero-order valence-corrected chi connectivity index (χ0v) is 12.7. The minimum Gasteiger partial charge on any atom is -0.382 e. The first kappa shape index (κ1) is 13.9. The molecule has 0 aliphatic carbocycles. The SMILES string of the molecule is CCn1ncc(Cl)c1C(O)c1ccc(Br)cc1Cl. The number of halogens is 3. The molecule has 0 spiro atoms. The van der Waals surface area contributed by atoms with Crippen LogP contribution in [0.25, 0.3) is 0 Å².